The normalized spacial score (nSPS) is 11.7. The summed E-state index contributed by atoms with van der Waals surface area (Å²) in [5, 5.41) is 8.87. The van der Waals surface area contributed by atoms with Gasteiger partial charge in [-0.15, -0.1) is 21.9 Å². The van der Waals surface area contributed by atoms with Gasteiger partial charge < -0.3 is 0 Å². The molecule has 0 atom stereocenters. The molecule has 16 radical (unpaired) electrons. The van der Waals surface area contributed by atoms with Gasteiger partial charge >= 0.3 is 0 Å². The zero-order valence-corrected chi connectivity index (χ0v) is 28.2. The summed E-state index contributed by atoms with van der Waals surface area (Å²) >= 11 is 0. The SMILES string of the molecule is [B]c1c([B])c([B])c2c(-c3cc4ccccc4c4ccccc34)c3c([B])c([B])c([B])c([B])c3c(-c3ccc(-c4ccc5ccccc5c4)cc3)c2c1[B]. The molecule has 0 saturated heterocycles. The van der Waals surface area contributed by atoms with E-state index in [-0.39, 0.29) is 43.7 Å². The average Bonchev–Trinajstić information content (AvgIpc) is 3.19. The fourth-order valence-electron chi connectivity index (χ4n) is 7.96. The summed E-state index contributed by atoms with van der Waals surface area (Å²) in [6, 6.07) is 41.5. The van der Waals surface area contributed by atoms with Gasteiger partial charge in [-0.05, 0) is 99.4 Å². The Morgan fingerprint density at radius 1 is 0.269 bits per heavy atom. The first-order valence-electron chi connectivity index (χ1n) is 16.9. The van der Waals surface area contributed by atoms with E-state index in [1.165, 1.54) is 5.39 Å². The monoisotopic (exact) mass is 636 g/mol. The lowest BCUT2D eigenvalue weighted by Gasteiger charge is -2.29. The maximum Gasteiger partial charge on any atom is 0.113 e. The lowest BCUT2D eigenvalue weighted by molar-refractivity contribution is 1.64. The van der Waals surface area contributed by atoms with E-state index in [1.54, 1.807) is 0 Å². The number of fused-ring (bicyclic) bond motifs is 6. The van der Waals surface area contributed by atoms with E-state index in [1.807, 2.05) is 48.5 Å². The van der Waals surface area contributed by atoms with E-state index >= 15 is 0 Å². The molecule has 0 unspecified atom stereocenters. The van der Waals surface area contributed by atoms with Crippen LogP contribution in [0.25, 0.3) is 87.2 Å². The van der Waals surface area contributed by atoms with Crippen molar-refractivity contribution in [1.29, 1.82) is 0 Å². The minimum Gasteiger partial charge on any atom is -0.110 e. The van der Waals surface area contributed by atoms with Crippen LogP contribution < -0.4 is 43.7 Å². The molecular formula is C44H20B8. The fraction of sp³-hybridized carbons (Fsp3) is 0. The third-order valence-corrected chi connectivity index (χ3v) is 10.6. The van der Waals surface area contributed by atoms with Crippen LogP contribution in [0, 0.1) is 0 Å². The molecule has 0 saturated carbocycles. The van der Waals surface area contributed by atoms with E-state index in [9.17, 15) is 0 Å². The zero-order chi connectivity index (χ0) is 36.0. The van der Waals surface area contributed by atoms with Gasteiger partial charge in [0.05, 0.1) is 0 Å². The summed E-state index contributed by atoms with van der Waals surface area (Å²) in [4.78, 5) is 0. The molecule has 0 aliphatic carbocycles. The largest absolute Gasteiger partial charge is 0.113 e. The molecule has 0 bridgehead atoms. The van der Waals surface area contributed by atoms with E-state index in [4.69, 9.17) is 62.8 Å². The van der Waals surface area contributed by atoms with Gasteiger partial charge in [0.25, 0.3) is 0 Å². The van der Waals surface area contributed by atoms with Gasteiger partial charge in [0.15, 0.2) is 0 Å². The summed E-state index contributed by atoms with van der Waals surface area (Å²) in [6.45, 7) is 0. The topological polar surface area (TPSA) is 0 Å². The number of hydrogen-bond acceptors (Lipinski definition) is 0. The predicted octanol–water partition coefficient (Wildman–Crippen LogP) is 2.80. The number of rotatable bonds is 3. The van der Waals surface area contributed by atoms with Gasteiger partial charge in [-0.2, -0.15) is 0 Å². The Morgan fingerprint density at radius 2 is 0.692 bits per heavy atom. The zero-order valence-electron chi connectivity index (χ0n) is 28.2. The molecule has 0 aliphatic rings. The molecule has 9 aromatic carbocycles. The molecular weight excluding hydrogens is 615 g/mol. The van der Waals surface area contributed by atoms with E-state index < -0.39 is 0 Å². The van der Waals surface area contributed by atoms with Crippen molar-refractivity contribution in [3.63, 3.8) is 0 Å². The van der Waals surface area contributed by atoms with Gasteiger partial charge in [-0.1, -0.05) is 131 Å². The Hall–Kier alpha value is -5.20. The second-order valence-electron chi connectivity index (χ2n) is 13.4. The molecule has 9 rings (SSSR count). The fourth-order valence-corrected chi connectivity index (χ4v) is 7.96. The first-order valence-corrected chi connectivity index (χ1v) is 16.9. The van der Waals surface area contributed by atoms with Crippen LogP contribution in [-0.4, -0.2) is 62.8 Å². The average molecular weight is 635 g/mol. The van der Waals surface area contributed by atoms with Crippen molar-refractivity contribution in [2.24, 2.45) is 0 Å². The van der Waals surface area contributed by atoms with Crippen molar-refractivity contribution in [3.8, 4) is 33.4 Å². The molecule has 220 valence electrons. The molecule has 0 N–H and O–H groups in total. The van der Waals surface area contributed by atoms with Gasteiger partial charge in [0.1, 0.15) is 62.8 Å². The van der Waals surface area contributed by atoms with Crippen LogP contribution in [0.5, 0.6) is 0 Å². The van der Waals surface area contributed by atoms with Crippen molar-refractivity contribution in [3.05, 3.63) is 121 Å². The first-order chi connectivity index (χ1) is 25.2. The van der Waals surface area contributed by atoms with Crippen LogP contribution >= 0.6 is 0 Å². The smallest absolute Gasteiger partial charge is 0.110 e. The predicted molar refractivity (Wildman–Crippen MR) is 233 cm³/mol. The Kier molecular flexibility index (Phi) is 7.67. The summed E-state index contributed by atoms with van der Waals surface area (Å²) in [6.07, 6.45) is 0. The molecule has 0 nitrogen and oxygen atoms in total. The maximum atomic E-state index is 7.03. The van der Waals surface area contributed by atoms with Crippen LogP contribution in [0.1, 0.15) is 0 Å². The van der Waals surface area contributed by atoms with Crippen LogP contribution in [0.15, 0.2) is 121 Å². The summed E-state index contributed by atoms with van der Waals surface area (Å²) in [7, 11) is 54.6. The molecule has 0 amide bonds. The molecule has 8 heteroatoms. The lowest BCUT2D eigenvalue weighted by atomic mass is 9.59. The van der Waals surface area contributed by atoms with Crippen LogP contribution in [-0.2, 0) is 0 Å². The maximum absolute atomic E-state index is 7.03. The second kappa shape index (κ2) is 12.2. The molecule has 0 heterocycles. The lowest BCUT2D eigenvalue weighted by Crippen LogP contribution is -2.50. The van der Waals surface area contributed by atoms with Gasteiger partial charge in [-0.3, -0.25) is 0 Å². The molecule has 9 aromatic rings. The van der Waals surface area contributed by atoms with Crippen molar-refractivity contribution in [1.82, 2.24) is 0 Å². The summed E-state index contributed by atoms with van der Waals surface area (Å²) < 4.78 is 0. The minimum atomic E-state index is 0.183. The molecule has 0 fully saturated rings. The third-order valence-electron chi connectivity index (χ3n) is 10.6. The first kappa shape index (κ1) is 32.7. The van der Waals surface area contributed by atoms with Crippen LogP contribution in [0.3, 0.4) is 0 Å². The molecule has 0 spiro atoms. The second-order valence-corrected chi connectivity index (χ2v) is 13.4. The van der Waals surface area contributed by atoms with Gasteiger partial charge in [-0.25, -0.2) is 0 Å². The van der Waals surface area contributed by atoms with Crippen molar-refractivity contribution < 1.29 is 0 Å². The van der Waals surface area contributed by atoms with Gasteiger partial charge in [0, 0.05) is 0 Å². The van der Waals surface area contributed by atoms with Crippen LogP contribution in [0.2, 0.25) is 0 Å². The highest BCUT2D eigenvalue weighted by molar-refractivity contribution is 6.71. The van der Waals surface area contributed by atoms with E-state index in [0.717, 1.165) is 49.2 Å². The highest BCUT2D eigenvalue weighted by atomic mass is 14.3. The Bertz CT molecular complexity index is 2900. The summed E-state index contributed by atoms with van der Waals surface area (Å²) in [5.74, 6) is 0. The molecule has 0 aliphatic heterocycles. The van der Waals surface area contributed by atoms with E-state index in [0.29, 0.717) is 32.7 Å². The Labute approximate surface area is 313 Å². The van der Waals surface area contributed by atoms with Crippen molar-refractivity contribution in [2.45, 2.75) is 0 Å². The Balaban J connectivity index is 1.46. The Morgan fingerprint density at radius 3 is 1.27 bits per heavy atom. The molecule has 0 aromatic heterocycles. The van der Waals surface area contributed by atoms with E-state index in [2.05, 4.69) is 72.8 Å². The molecule has 52 heavy (non-hydrogen) atoms. The standard InChI is InChI=1S/C44H20B8/c45-37-33-31(23-16-13-22(14-17-23)25-18-15-21-7-1-2-8-24(21)19-25)34-36(40(48)44(52)42(50)38(34)46)32(35(33)39(47)43(51)41(37)49)30-20-26-9-3-4-10-27(26)28-11-5-6-12-29(28)30/h1-20H. The third kappa shape index (κ3) is 4.73. The highest BCUT2D eigenvalue weighted by Gasteiger charge is 2.25. The van der Waals surface area contributed by atoms with Crippen LogP contribution in [0.4, 0.5) is 0 Å². The number of hydrogen-bond donors (Lipinski definition) is 0. The summed E-state index contributed by atoms with van der Waals surface area (Å²) in [5.41, 5.74) is 6.98. The van der Waals surface area contributed by atoms with Crippen molar-refractivity contribution >= 4 is 160 Å². The highest BCUT2D eigenvalue weighted by Crippen LogP contribution is 2.44. The van der Waals surface area contributed by atoms with Gasteiger partial charge in [0.2, 0.25) is 0 Å². The number of benzene rings is 9. The van der Waals surface area contributed by atoms with Crippen molar-refractivity contribution in [2.75, 3.05) is 0 Å². The quantitative estimate of drug-likeness (QED) is 0.159. The minimum absolute atomic E-state index is 0.183.